The minimum atomic E-state index is -4.54. The van der Waals surface area contributed by atoms with E-state index >= 15 is 0 Å². The Morgan fingerprint density at radius 2 is 1.00 bits per heavy atom. The van der Waals surface area contributed by atoms with Crippen molar-refractivity contribution in [3.8, 4) is 0 Å². The Bertz CT molecular complexity index is 101. The molecule has 0 aromatic rings. The first-order valence-corrected chi connectivity index (χ1v) is 2.35. The van der Waals surface area contributed by atoms with Gasteiger partial charge in [-0.25, -0.2) is 0 Å². The van der Waals surface area contributed by atoms with Gasteiger partial charge in [0.1, 0.15) is 13.2 Å². The van der Waals surface area contributed by atoms with E-state index in [0.29, 0.717) is 0 Å². The molecule has 0 aliphatic heterocycles. The van der Waals surface area contributed by atoms with Crippen molar-refractivity contribution in [1.29, 1.82) is 0 Å². The largest absolute Gasteiger partial charge is 0.390 e. The molecule has 0 bridgehead atoms. The number of halogens is 4. The Kier molecular flexibility index (Phi) is 4.66. The molecule has 0 aromatic heterocycles. The number of hydrogen-bond acceptors (Lipinski definition) is 2. The summed E-state index contributed by atoms with van der Waals surface area (Å²) in [7, 11) is 0. The average molecular weight is 178 g/mol. The van der Waals surface area contributed by atoms with Crippen molar-refractivity contribution < 1.29 is 27.8 Å². The third-order valence-corrected chi connectivity index (χ3v) is 0.932. The highest BCUT2D eigenvalue weighted by Crippen LogP contribution is 2.32. The number of rotatable bonds is 3. The van der Waals surface area contributed by atoms with E-state index in [-0.39, 0.29) is 7.43 Å². The Balaban J connectivity index is 0. The summed E-state index contributed by atoms with van der Waals surface area (Å²) >= 11 is 0. The first-order valence-electron chi connectivity index (χ1n) is 2.35. The molecule has 0 unspecified atom stereocenters. The van der Waals surface area contributed by atoms with Gasteiger partial charge in [-0.3, -0.25) is 0 Å². The fourth-order valence-corrected chi connectivity index (χ4v) is 0.231. The highest BCUT2D eigenvalue weighted by Gasteiger charge is 2.55. The minimum Gasteiger partial charge on any atom is -0.390 e. The second-order valence-corrected chi connectivity index (χ2v) is 1.73. The lowest BCUT2D eigenvalue weighted by Gasteiger charge is -2.22. The zero-order valence-corrected chi connectivity index (χ0v) is 4.82. The Labute approximate surface area is 61.5 Å². The van der Waals surface area contributed by atoms with Crippen molar-refractivity contribution >= 4 is 0 Å². The summed E-state index contributed by atoms with van der Waals surface area (Å²) in [6, 6.07) is 0. The molecule has 0 aliphatic carbocycles. The summed E-state index contributed by atoms with van der Waals surface area (Å²) in [6.45, 7) is -3.94. The molecule has 0 amide bonds. The van der Waals surface area contributed by atoms with Crippen molar-refractivity contribution in [3.63, 3.8) is 0 Å². The molecule has 70 valence electrons. The lowest BCUT2D eigenvalue weighted by atomic mass is 10.2. The van der Waals surface area contributed by atoms with E-state index in [9.17, 15) is 17.6 Å². The van der Waals surface area contributed by atoms with E-state index in [1.54, 1.807) is 0 Å². The highest BCUT2D eigenvalue weighted by atomic mass is 19.3. The second-order valence-electron chi connectivity index (χ2n) is 1.73. The smallest absolute Gasteiger partial charge is 0.334 e. The molecule has 0 rings (SSSR count). The molecule has 0 aromatic carbocycles. The summed E-state index contributed by atoms with van der Waals surface area (Å²) in [5.74, 6) is -9.08. The summed E-state index contributed by atoms with van der Waals surface area (Å²) < 4.78 is 47.1. The van der Waals surface area contributed by atoms with Crippen LogP contribution in [0.2, 0.25) is 0 Å². The Morgan fingerprint density at radius 3 is 1.09 bits per heavy atom. The van der Waals surface area contributed by atoms with E-state index in [1.165, 1.54) is 0 Å². The van der Waals surface area contributed by atoms with Crippen LogP contribution in [0.5, 0.6) is 0 Å². The maximum Gasteiger partial charge on any atom is 0.334 e. The maximum absolute atomic E-state index is 11.8. The minimum absolute atomic E-state index is 0. The van der Waals surface area contributed by atoms with Crippen LogP contribution in [0.3, 0.4) is 0 Å². The molecule has 0 radical (unpaired) electrons. The van der Waals surface area contributed by atoms with Gasteiger partial charge >= 0.3 is 11.8 Å². The zero-order valence-electron chi connectivity index (χ0n) is 4.82. The molecule has 11 heavy (non-hydrogen) atoms. The highest BCUT2D eigenvalue weighted by molar-refractivity contribution is 4.82. The first kappa shape index (κ1) is 13.2. The number of hydrogen-bond donors (Lipinski definition) is 2. The molecule has 0 heterocycles. The summed E-state index contributed by atoms with van der Waals surface area (Å²) in [5, 5.41) is 15.4. The van der Waals surface area contributed by atoms with Crippen molar-refractivity contribution in [2.45, 2.75) is 19.3 Å². The van der Waals surface area contributed by atoms with Crippen molar-refractivity contribution in [2.24, 2.45) is 0 Å². The normalized spacial score (nSPS) is 12.5. The number of alkyl halides is 4. The fraction of sp³-hybridized carbons (Fsp3) is 1.00. The van der Waals surface area contributed by atoms with Crippen LogP contribution in [0.15, 0.2) is 0 Å². The van der Waals surface area contributed by atoms with Gasteiger partial charge in [-0.2, -0.15) is 17.6 Å². The van der Waals surface area contributed by atoms with Gasteiger partial charge in [0.15, 0.2) is 0 Å². The van der Waals surface area contributed by atoms with Crippen LogP contribution in [0.1, 0.15) is 7.43 Å². The van der Waals surface area contributed by atoms with Crippen molar-refractivity contribution in [3.05, 3.63) is 0 Å². The monoisotopic (exact) mass is 178 g/mol. The molecule has 0 saturated heterocycles. The molecular weight excluding hydrogens is 168 g/mol. The molecular formula is C5H10F4O2. The third-order valence-electron chi connectivity index (χ3n) is 0.932. The predicted octanol–water partition coefficient (Wildman–Crippen LogP) is 0.878. The van der Waals surface area contributed by atoms with Gasteiger partial charge in [0.2, 0.25) is 0 Å². The molecule has 0 aliphatic rings. The van der Waals surface area contributed by atoms with Gasteiger partial charge < -0.3 is 10.2 Å². The van der Waals surface area contributed by atoms with E-state index in [4.69, 9.17) is 10.2 Å². The molecule has 2 nitrogen and oxygen atoms in total. The summed E-state index contributed by atoms with van der Waals surface area (Å²) in [6.07, 6.45) is 0. The van der Waals surface area contributed by atoms with Gasteiger partial charge in [0.25, 0.3) is 0 Å². The van der Waals surface area contributed by atoms with Gasteiger partial charge in [-0.15, -0.1) is 0 Å². The van der Waals surface area contributed by atoms with Gasteiger partial charge in [-0.1, -0.05) is 7.43 Å². The molecule has 0 saturated carbocycles. The molecule has 6 heteroatoms. The topological polar surface area (TPSA) is 40.5 Å². The molecule has 0 atom stereocenters. The number of aliphatic hydroxyl groups is 2. The average Bonchev–Trinajstić information content (AvgIpc) is 1.88. The summed E-state index contributed by atoms with van der Waals surface area (Å²) in [5.41, 5.74) is 0. The quantitative estimate of drug-likeness (QED) is 0.630. The standard InChI is InChI=1S/C4H6F4O2.CH4/c5-3(6,1-9)4(7,8)2-10;/h9-10H,1-2H2;1H4. The van der Waals surface area contributed by atoms with Crippen LogP contribution in [-0.4, -0.2) is 35.3 Å². The van der Waals surface area contributed by atoms with E-state index < -0.39 is 25.1 Å². The lowest BCUT2D eigenvalue weighted by Crippen LogP contribution is -2.46. The van der Waals surface area contributed by atoms with Crippen LogP contribution in [0.4, 0.5) is 17.6 Å². The van der Waals surface area contributed by atoms with Crippen molar-refractivity contribution in [1.82, 2.24) is 0 Å². The van der Waals surface area contributed by atoms with E-state index in [0.717, 1.165) is 0 Å². The van der Waals surface area contributed by atoms with Gasteiger partial charge in [0.05, 0.1) is 0 Å². The van der Waals surface area contributed by atoms with E-state index in [2.05, 4.69) is 0 Å². The van der Waals surface area contributed by atoms with Crippen LogP contribution >= 0.6 is 0 Å². The Hall–Kier alpha value is -0.360. The van der Waals surface area contributed by atoms with Crippen LogP contribution in [-0.2, 0) is 0 Å². The lowest BCUT2D eigenvalue weighted by molar-refractivity contribution is -0.239. The molecule has 2 N–H and O–H groups in total. The zero-order chi connectivity index (χ0) is 8.41. The Morgan fingerprint density at radius 1 is 0.818 bits per heavy atom. The van der Waals surface area contributed by atoms with E-state index in [1.807, 2.05) is 0 Å². The fourth-order valence-electron chi connectivity index (χ4n) is 0.231. The van der Waals surface area contributed by atoms with Gasteiger partial charge in [0, 0.05) is 0 Å². The third kappa shape index (κ3) is 2.63. The molecule has 0 spiro atoms. The van der Waals surface area contributed by atoms with Crippen LogP contribution in [0, 0.1) is 0 Å². The SMILES string of the molecule is C.OCC(F)(F)C(F)(F)CO. The number of aliphatic hydroxyl groups excluding tert-OH is 2. The van der Waals surface area contributed by atoms with Crippen LogP contribution in [0.25, 0.3) is 0 Å². The van der Waals surface area contributed by atoms with Crippen molar-refractivity contribution in [2.75, 3.05) is 13.2 Å². The van der Waals surface area contributed by atoms with Crippen LogP contribution < -0.4 is 0 Å². The van der Waals surface area contributed by atoms with Gasteiger partial charge in [-0.05, 0) is 0 Å². The second kappa shape index (κ2) is 3.87. The molecule has 0 fully saturated rings. The first-order chi connectivity index (χ1) is 4.37. The maximum atomic E-state index is 11.8. The predicted molar refractivity (Wildman–Crippen MR) is 30.8 cm³/mol. The summed E-state index contributed by atoms with van der Waals surface area (Å²) in [4.78, 5) is 0.